The molecule has 0 bridgehead atoms. The van der Waals surface area contributed by atoms with Crippen LogP contribution >= 0.6 is 19.1 Å². The molecule has 0 aliphatic rings. The Balaban J connectivity index is 1.90. The van der Waals surface area contributed by atoms with Gasteiger partial charge < -0.3 is 14.1 Å². The van der Waals surface area contributed by atoms with Crippen molar-refractivity contribution in [3.63, 3.8) is 0 Å². The molecular weight excluding hydrogens is 418 g/mol. The summed E-state index contributed by atoms with van der Waals surface area (Å²) < 4.78 is 63.0. The van der Waals surface area contributed by atoms with Gasteiger partial charge in [0.05, 0.1) is 17.6 Å². The van der Waals surface area contributed by atoms with E-state index >= 15 is 0 Å². The summed E-state index contributed by atoms with van der Waals surface area (Å²) in [6.07, 6.45) is 0. The SMILES string of the molecule is CCOP(=O)(Nc1ccccc1F)c1ccc(-c2noc(C(F)(F)Cl)n2)cc1. The summed E-state index contributed by atoms with van der Waals surface area (Å²) in [4.78, 5) is 3.53. The van der Waals surface area contributed by atoms with E-state index in [9.17, 15) is 17.7 Å². The molecule has 1 unspecified atom stereocenters. The fourth-order valence-corrected chi connectivity index (χ4v) is 4.15. The fraction of sp³-hybridized carbons (Fsp3) is 0.176. The summed E-state index contributed by atoms with van der Waals surface area (Å²) in [6, 6.07) is 11.5. The molecule has 28 heavy (non-hydrogen) atoms. The molecule has 0 radical (unpaired) electrons. The quantitative estimate of drug-likeness (QED) is 0.413. The van der Waals surface area contributed by atoms with Gasteiger partial charge in [-0.2, -0.15) is 13.8 Å². The van der Waals surface area contributed by atoms with Gasteiger partial charge in [0.1, 0.15) is 5.82 Å². The highest BCUT2D eigenvalue weighted by atomic mass is 35.5. The van der Waals surface area contributed by atoms with Crippen LogP contribution < -0.4 is 10.4 Å². The maximum atomic E-state index is 13.9. The normalized spacial score (nSPS) is 13.9. The molecule has 148 valence electrons. The third-order valence-electron chi connectivity index (χ3n) is 3.59. The highest BCUT2D eigenvalue weighted by molar-refractivity contribution is 7.68. The third kappa shape index (κ3) is 4.38. The Morgan fingerprint density at radius 1 is 1.21 bits per heavy atom. The Bertz CT molecular complexity index is 1010. The molecule has 1 aromatic heterocycles. The number of hydrogen-bond acceptors (Lipinski definition) is 5. The standard InChI is InChI=1S/C17H14ClF3N3O3P/c1-2-26-28(25,24-14-6-4-3-5-13(14)19)12-9-7-11(8-10-12)15-22-16(27-23-15)17(18,20)21/h3-10H,2H2,1H3,(H,24,25). The van der Waals surface area contributed by atoms with E-state index in [1.807, 2.05) is 0 Å². The zero-order valence-electron chi connectivity index (χ0n) is 14.4. The monoisotopic (exact) mass is 431 g/mol. The van der Waals surface area contributed by atoms with Crippen LogP contribution in [0.25, 0.3) is 11.4 Å². The lowest BCUT2D eigenvalue weighted by atomic mass is 10.2. The molecule has 0 aliphatic carbocycles. The number of anilines is 1. The Morgan fingerprint density at radius 3 is 2.46 bits per heavy atom. The molecule has 3 rings (SSSR count). The van der Waals surface area contributed by atoms with Crippen molar-refractivity contribution in [3.8, 4) is 11.4 Å². The van der Waals surface area contributed by atoms with Crippen molar-refractivity contribution in [1.82, 2.24) is 10.1 Å². The molecule has 11 heteroatoms. The van der Waals surface area contributed by atoms with E-state index < -0.39 is 24.6 Å². The molecule has 0 aliphatic heterocycles. The van der Waals surface area contributed by atoms with Gasteiger partial charge in [-0.3, -0.25) is 4.57 Å². The minimum atomic E-state index is -3.78. The van der Waals surface area contributed by atoms with E-state index in [-0.39, 0.29) is 23.4 Å². The molecule has 2 aromatic carbocycles. The van der Waals surface area contributed by atoms with E-state index in [2.05, 4.69) is 19.8 Å². The van der Waals surface area contributed by atoms with Crippen LogP contribution in [0.15, 0.2) is 53.1 Å². The molecular formula is C17H14ClF3N3O3P. The molecule has 0 saturated heterocycles. The van der Waals surface area contributed by atoms with Crippen LogP contribution in [-0.2, 0) is 14.5 Å². The van der Waals surface area contributed by atoms with E-state index in [1.54, 1.807) is 13.0 Å². The zero-order valence-corrected chi connectivity index (χ0v) is 16.1. The molecule has 6 nitrogen and oxygen atoms in total. The van der Waals surface area contributed by atoms with E-state index in [0.29, 0.717) is 5.56 Å². The van der Waals surface area contributed by atoms with Gasteiger partial charge in [0.2, 0.25) is 5.82 Å². The van der Waals surface area contributed by atoms with Crippen molar-refractivity contribution in [3.05, 3.63) is 60.2 Å². The molecule has 0 saturated carbocycles. The predicted molar refractivity (Wildman–Crippen MR) is 98.4 cm³/mol. The van der Waals surface area contributed by atoms with Gasteiger partial charge in [-0.15, -0.1) is 0 Å². The van der Waals surface area contributed by atoms with Gasteiger partial charge in [0.15, 0.2) is 0 Å². The molecule has 0 fully saturated rings. The van der Waals surface area contributed by atoms with Crippen molar-refractivity contribution < 1.29 is 26.8 Å². The summed E-state index contributed by atoms with van der Waals surface area (Å²) in [5.74, 6) is -1.73. The number of alkyl halides is 3. The van der Waals surface area contributed by atoms with Crippen LogP contribution in [0.1, 0.15) is 12.8 Å². The lowest BCUT2D eigenvalue weighted by Gasteiger charge is -2.20. The van der Waals surface area contributed by atoms with E-state index in [0.717, 1.165) is 0 Å². The zero-order chi connectivity index (χ0) is 20.4. The molecule has 1 N–H and O–H groups in total. The van der Waals surface area contributed by atoms with Crippen molar-refractivity contribution in [2.75, 3.05) is 11.7 Å². The van der Waals surface area contributed by atoms with Crippen LogP contribution in [0.3, 0.4) is 0 Å². The maximum Gasteiger partial charge on any atom is 0.400 e. The van der Waals surface area contributed by atoms with E-state index in [4.69, 9.17) is 16.1 Å². The van der Waals surface area contributed by atoms with Crippen LogP contribution in [0, 0.1) is 5.82 Å². The number of para-hydroxylation sites is 1. The Kier molecular flexibility index (Phi) is 5.79. The third-order valence-corrected chi connectivity index (χ3v) is 5.88. The first-order valence-corrected chi connectivity index (χ1v) is 10.0. The number of rotatable bonds is 7. The smallest absolute Gasteiger partial charge is 0.331 e. The number of benzene rings is 2. The summed E-state index contributed by atoms with van der Waals surface area (Å²) in [6.45, 7) is 1.76. The van der Waals surface area contributed by atoms with Gasteiger partial charge >= 0.3 is 18.8 Å². The second kappa shape index (κ2) is 7.95. The van der Waals surface area contributed by atoms with Gasteiger partial charge in [-0.1, -0.05) is 29.4 Å². The summed E-state index contributed by atoms with van der Waals surface area (Å²) >= 11 is 4.85. The van der Waals surface area contributed by atoms with E-state index in [1.165, 1.54) is 42.5 Å². The minimum absolute atomic E-state index is 0.0236. The van der Waals surface area contributed by atoms with Crippen LogP contribution in [-0.4, -0.2) is 16.7 Å². The average molecular weight is 432 g/mol. The first-order valence-electron chi connectivity index (χ1n) is 8.02. The Labute approximate surface area is 163 Å². The number of nitrogens with one attached hydrogen (secondary N) is 1. The van der Waals surface area contributed by atoms with Crippen molar-refractivity contribution in [2.45, 2.75) is 12.3 Å². The number of halogens is 4. The summed E-state index contributed by atoms with van der Waals surface area (Å²) in [5, 5.41) is 2.53. The van der Waals surface area contributed by atoms with Crippen LogP contribution in [0.4, 0.5) is 18.9 Å². The maximum absolute atomic E-state index is 13.9. The molecule has 1 heterocycles. The molecule has 3 aromatic rings. The first kappa shape index (κ1) is 20.4. The van der Waals surface area contributed by atoms with Crippen molar-refractivity contribution in [1.29, 1.82) is 0 Å². The highest BCUT2D eigenvalue weighted by Crippen LogP contribution is 2.46. The van der Waals surface area contributed by atoms with Gasteiger partial charge in [0.25, 0.3) is 0 Å². The number of nitrogens with zero attached hydrogens (tertiary/aromatic N) is 2. The minimum Gasteiger partial charge on any atom is -0.331 e. The fourth-order valence-electron chi connectivity index (χ4n) is 2.33. The van der Waals surface area contributed by atoms with Crippen LogP contribution in [0.5, 0.6) is 0 Å². The Hall–Kier alpha value is -2.35. The summed E-state index contributed by atoms with van der Waals surface area (Å²) in [5.41, 5.74) is 0.351. The average Bonchev–Trinajstić information content (AvgIpc) is 3.15. The number of hydrogen-bond donors (Lipinski definition) is 1. The number of aromatic nitrogens is 2. The van der Waals surface area contributed by atoms with Crippen LogP contribution in [0.2, 0.25) is 0 Å². The van der Waals surface area contributed by atoms with Gasteiger partial charge in [0, 0.05) is 5.56 Å². The molecule has 0 amide bonds. The Morgan fingerprint density at radius 2 is 1.89 bits per heavy atom. The van der Waals surface area contributed by atoms with Gasteiger partial charge in [-0.05, 0) is 42.8 Å². The van der Waals surface area contributed by atoms with Crippen molar-refractivity contribution >= 4 is 30.1 Å². The second-order valence-corrected chi connectivity index (χ2v) is 8.10. The second-order valence-electron chi connectivity index (χ2n) is 5.53. The molecule has 0 spiro atoms. The lowest BCUT2D eigenvalue weighted by molar-refractivity contribution is 0.0551. The van der Waals surface area contributed by atoms with Crippen molar-refractivity contribution in [2.24, 2.45) is 0 Å². The molecule has 1 atom stereocenters. The highest BCUT2D eigenvalue weighted by Gasteiger charge is 2.36. The van der Waals surface area contributed by atoms with Gasteiger partial charge in [-0.25, -0.2) is 4.39 Å². The first-order chi connectivity index (χ1) is 13.2. The lowest BCUT2D eigenvalue weighted by Crippen LogP contribution is -2.15. The largest absolute Gasteiger partial charge is 0.400 e. The predicted octanol–water partition coefficient (Wildman–Crippen LogP) is 5.13. The summed E-state index contributed by atoms with van der Waals surface area (Å²) in [7, 11) is -3.65. The topological polar surface area (TPSA) is 77.2 Å².